The fourth-order valence-electron chi connectivity index (χ4n) is 2.89. The summed E-state index contributed by atoms with van der Waals surface area (Å²) < 4.78 is 13.6. The summed E-state index contributed by atoms with van der Waals surface area (Å²) in [5.74, 6) is 1.63. The number of benzene rings is 2. The Labute approximate surface area is 159 Å². The molecule has 1 aliphatic rings. The van der Waals surface area contributed by atoms with E-state index in [1.807, 2.05) is 12.1 Å². The fourth-order valence-corrected chi connectivity index (χ4v) is 4.42. The molecule has 2 heterocycles. The molecule has 0 N–H and O–H groups in total. The van der Waals surface area contributed by atoms with Crippen LogP contribution in [0.1, 0.15) is 23.5 Å². The number of hydrogen-bond acceptors (Lipinski definition) is 5. The van der Waals surface area contributed by atoms with E-state index in [1.165, 1.54) is 10.3 Å². The molecule has 0 amide bonds. The number of rotatable bonds is 4. The fraction of sp³-hybridized carbons (Fsp3) is 0.316. The summed E-state index contributed by atoms with van der Waals surface area (Å²) in [6.07, 6.45) is 0. The Kier molecular flexibility index (Phi) is 4.67. The normalized spacial score (nSPS) is 14.9. The molecule has 0 fully saturated rings. The second-order valence-corrected chi connectivity index (χ2v) is 8.11. The van der Waals surface area contributed by atoms with Crippen molar-refractivity contribution >= 4 is 37.5 Å². The molecule has 0 bridgehead atoms. The maximum Gasteiger partial charge on any atom is 0.162 e. The highest BCUT2D eigenvalue weighted by Crippen LogP contribution is 2.37. The standard InChI is InChI=1S/C19H19BrN2O2S/c1-12(19-21-15-5-3-4-6-18(15)25-19)22(2)11-13-9-16-17(10-14(13)20)24-8-7-23-16/h3-6,9-10,12H,7-8,11H2,1-2H3/t12-/m1/s1. The number of hydrogen-bond donors (Lipinski definition) is 0. The van der Waals surface area contributed by atoms with Gasteiger partial charge >= 0.3 is 0 Å². The van der Waals surface area contributed by atoms with E-state index in [9.17, 15) is 0 Å². The van der Waals surface area contributed by atoms with Gasteiger partial charge in [-0.2, -0.15) is 0 Å². The number of fused-ring (bicyclic) bond motifs is 2. The van der Waals surface area contributed by atoms with Crippen molar-refractivity contribution in [1.29, 1.82) is 0 Å². The lowest BCUT2D eigenvalue weighted by Gasteiger charge is -2.25. The van der Waals surface area contributed by atoms with E-state index in [0.29, 0.717) is 13.2 Å². The van der Waals surface area contributed by atoms with Gasteiger partial charge < -0.3 is 9.47 Å². The molecule has 1 atom stereocenters. The number of para-hydroxylation sites is 1. The zero-order chi connectivity index (χ0) is 17.4. The van der Waals surface area contributed by atoms with Crippen LogP contribution in [-0.4, -0.2) is 30.1 Å². The van der Waals surface area contributed by atoms with Crippen LogP contribution in [0.5, 0.6) is 11.5 Å². The quantitative estimate of drug-likeness (QED) is 0.595. The third-order valence-corrected chi connectivity index (χ3v) is 6.40. The molecule has 0 aliphatic carbocycles. The van der Waals surface area contributed by atoms with Crippen molar-refractivity contribution in [2.75, 3.05) is 20.3 Å². The summed E-state index contributed by atoms with van der Waals surface area (Å²) in [7, 11) is 2.12. The first kappa shape index (κ1) is 16.8. The lowest BCUT2D eigenvalue weighted by molar-refractivity contribution is 0.170. The molecule has 0 spiro atoms. The van der Waals surface area contributed by atoms with Gasteiger partial charge in [0.1, 0.15) is 18.2 Å². The Bertz CT molecular complexity index is 879. The van der Waals surface area contributed by atoms with Gasteiger partial charge in [0.15, 0.2) is 11.5 Å². The number of thiazole rings is 1. The van der Waals surface area contributed by atoms with Crippen molar-refractivity contribution in [3.8, 4) is 11.5 Å². The average molecular weight is 419 g/mol. The van der Waals surface area contributed by atoms with Gasteiger partial charge in [-0.3, -0.25) is 4.90 Å². The third kappa shape index (κ3) is 3.38. The van der Waals surface area contributed by atoms with Gasteiger partial charge in [0, 0.05) is 11.0 Å². The Morgan fingerprint density at radius 3 is 2.68 bits per heavy atom. The van der Waals surface area contributed by atoms with Crippen molar-refractivity contribution in [3.63, 3.8) is 0 Å². The molecule has 25 heavy (non-hydrogen) atoms. The first-order chi connectivity index (χ1) is 12.1. The van der Waals surface area contributed by atoms with Crippen LogP contribution in [0.3, 0.4) is 0 Å². The van der Waals surface area contributed by atoms with Gasteiger partial charge in [0.05, 0.1) is 16.3 Å². The predicted octanol–water partition coefficient (Wildman–Crippen LogP) is 5.02. The molecule has 0 radical (unpaired) electrons. The van der Waals surface area contributed by atoms with Crippen molar-refractivity contribution in [2.24, 2.45) is 0 Å². The maximum absolute atomic E-state index is 5.71. The highest BCUT2D eigenvalue weighted by atomic mass is 79.9. The van der Waals surface area contributed by atoms with Gasteiger partial charge in [-0.1, -0.05) is 28.1 Å². The van der Waals surface area contributed by atoms with Gasteiger partial charge in [0.2, 0.25) is 0 Å². The molecular weight excluding hydrogens is 400 g/mol. The Balaban J connectivity index is 1.55. The van der Waals surface area contributed by atoms with Crippen LogP contribution in [0.4, 0.5) is 0 Å². The van der Waals surface area contributed by atoms with Crippen LogP contribution in [0.15, 0.2) is 40.9 Å². The van der Waals surface area contributed by atoms with Gasteiger partial charge in [-0.25, -0.2) is 4.98 Å². The highest BCUT2D eigenvalue weighted by molar-refractivity contribution is 9.10. The minimum atomic E-state index is 0.234. The Hall–Kier alpha value is -1.63. The second kappa shape index (κ2) is 6.94. The van der Waals surface area contributed by atoms with E-state index in [2.05, 4.69) is 59.1 Å². The second-order valence-electron chi connectivity index (χ2n) is 6.20. The van der Waals surface area contributed by atoms with Gasteiger partial charge in [-0.15, -0.1) is 11.3 Å². The van der Waals surface area contributed by atoms with Crippen LogP contribution in [0.2, 0.25) is 0 Å². The van der Waals surface area contributed by atoms with Crippen LogP contribution in [0, 0.1) is 0 Å². The number of ether oxygens (including phenoxy) is 2. The largest absolute Gasteiger partial charge is 0.486 e. The molecule has 1 aliphatic heterocycles. The molecule has 0 saturated carbocycles. The smallest absolute Gasteiger partial charge is 0.162 e. The van der Waals surface area contributed by atoms with E-state index in [1.54, 1.807) is 11.3 Å². The lowest BCUT2D eigenvalue weighted by atomic mass is 10.1. The molecule has 0 saturated heterocycles. The molecule has 0 unspecified atom stereocenters. The summed E-state index contributed by atoms with van der Waals surface area (Å²) in [6, 6.07) is 12.6. The van der Waals surface area contributed by atoms with E-state index in [0.717, 1.165) is 33.0 Å². The number of halogens is 1. The van der Waals surface area contributed by atoms with Crippen molar-refractivity contribution in [2.45, 2.75) is 19.5 Å². The minimum Gasteiger partial charge on any atom is -0.486 e. The molecule has 4 rings (SSSR count). The van der Waals surface area contributed by atoms with E-state index >= 15 is 0 Å². The first-order valence-corrected chi connectivity index (χ1v) is 9.86. The van der Waals surface area contributed by atoms with E-state index in [4.69, 9.17) is 14.5 Å². The molecule has 3 aromatic rings. The summed E-state index contributed by atoms with van der Waals surface area (Å²) in [6.45, 7) is 4.21. The first-order valence-electron chi connectivity index (χ1n) is 8.25. The number of aromatic nitrogens is 1. The van der Waals surface area contributed by atoms with Crippen LogP contribution >= 0.6 is 27.3 Å². The van der Waals surface area contributed by atoms with Crippen LogP contribution in [0.25, 0.3) is 10.2 Å². The molecular formula is C19H19BrN2O2S. The zero-order valence-electron chi connectivity index (χ0n) is 14.2. The molecule has 6 heteroatoms. The van der Waals surface area contributed by atoms with Gasteiger partial charge in [-0.05, 0) is 43.8 Å². The zero-order valence-corrected chi connectivity index (χ0v) is 16.6. The van der Waals surface area contributed by atoms with Crippen LogP contribution < -0.4 is 9.47 Å². The topological polar surface area (TPSA) is 34.6 Å². The molecule has 130 valence electrons. The van der Waals surface area contributed by atoms with E-state index < -0.39 is 0 Å². The summed E-state index contributed by atoms with van der Waals surface area (Å²) >= 11 is 5.42. The predicted molar refractivity (Wildman–Crippen MR) is 105 cm³/mol. The van der Waals surface area contributed by atoms with Gasteiger partial charge in [0.25, 0.3) is 0 Å². The average Bonchev–Trinajstić information content (AvgIpc) is 3.05. The van der Waals surface area contributed by atoms with E-state index in [-0.39, 0.29) is 6.04 Å². The molecule has 2 aromatic carbocycles. The Morgan fingerprint density at radius 2 is 1.92 bits per heavy atom. The Morgan fingerprint density at radius 1 is 1.20 bits per heavy atom. The highest BCUT2D eigenvalue weighted by Gasteiger charge is 2.20. The monoisotopic (exact) mass is 418 g/mol. The molecule has 1 aromatic heterocycles. The van der Waals surface area contributed by atoms with Crippen molar-refractivity contribution < 1.29 is 9.47 Å². The summed E-state index contributed by atoms with van der Waals surface area (Å²) in [5.41, 5.74) is 2.25. The lowest BCUT2D eigenvalue weighted by Crippen LogP contribution is -2.22. The van der Waals surface area contributed by atoms with Crippen molar-refractivity contribution in [3.05, 3.63) is 51.4 Å². The summed E-state index contributed by atoms with van der Waals surface area (Å²) in [5, 5.41) is 1.14. The number of nitrogens with zero attached hydrogens (tertiary/aromatic N) is 2. The van der Waals surface area contributed by atoms with Crippen molar-refractivity contribution in [1.82, 2.24) is 9.88 Å². The minimum absolute atomic E-state index is 0.234. The van der Waals surface area contributed by atoms with Crippen LogP contribution in [-0.2, 0) is 6.54 Å². The molecule has 4 nitrogen and oxygen atoms in total. The maximum atomic E-state index is 5.71. The third-order valence-electron chi connectivity index (χ3n) is 4.46. The summed E-state index contributed by atoms with van der Waals surface area (Å²) in [4.78, 5) is 7.09. The SMILES string of the molecule is C[C@H](c1nc2ccccc2s1)N(C)Cc1cc2c(cc1Br)OCCO2.